The van der Waals surface area contributed by atoms with Gasteiger partial charge in [-0.3, -0.25) is 18.6 Å². The van der Waals surface area contributed by atoms with Gasteiger partial charge in [0, 0.05) is 19.4 Å². The molecule has 2 atom stereocenters. The molecular weight excluding hydrogens is 665 g/mol. The van der Waals surface area contributed by atoms with Gasteiger partial charge >= 0.3 is 19.8 Å². The number of ether oxygens (including phenoxy) is 2. The molecule has 0 radical (unpaired) electrons. The maximum Gasteiger partial charge on any atom is 0.472 e. The van der Waals surface area contributed by atoms with Crippen LogP contribution in [0.5, 0.6) is 0 Å². The van der Waals surface area contributed by atoms with Crippen molar-refractivity contribution in [2.75, 3.05) is 26.4 Å². The molecule has 0 heterocycles. The average Bonchev–Trinajstić information content (AvgIpc) is 3.11. The van der Waals surface area contributed by atoms with E-state index in [4.69, 9.17) is 24.3 Å². The van der Waals surface area contributed by atoms with Gasteiger partial charge in [-0.05, 0) is 77.0 Å². The first kappa shape index (κ1) is 49.0. The Morgan fingerprint density at radius 3 is 1.61 bits per heavy atom. The fraction of sp³-hybridized carbons (Fsp3) is 0.756. The van der Waals surface area contributed by atoms with Crippen molar-refractivity contribution >= 4 is 19.8 Å². The minimum absolute atomic E-state index is 0.0455. The summed E-state index contributed by atoms with van der Waals surface area (Å²) < 4.78 is 32.6. The predicted octanol–water partition coefficient (Wildman–Crippen LogP) is 11.2. The molecule has 0 saturated heterocycles. The molecule has 0 rings (SSSR count). The van der Waals surface area contributed by atoms with Crippen LogP contribution in [0.4, 0.5) is 0 Å². The van der Waals surface area contributed by atoms with E-state index in [1.165, 1.54) is 64.2 Å². The number of hydrogen-bond donors (Lipinski definition) is 2. The Balaban J connectivity index is 4.29. The van der Waals surface area contributed by atoms with Crippen LogP contribution in [0.25, 0.3) is 0 Å². The number of esters is 2. The summed E-state index contributed by atoms with van der Waals surface area (Å²) in [6.45, 7) is 3.63. The molecule has 0 amide bonds. The maximum atomic E-state index is 12.5. The lowest BCUT2D eigenvalue weighted by molar-refractivity contribution is -0.161. The van der Waals surface area contributed by atoms with Crippen LogP contribution in [0, 0.1) is 0 Å². The van der Waals surface area contributed by atoms with Crippen molar-refractivity contribution in [2.45, 2.75) is 174 Å². The van der Waals surface area contributed by atoms with Gasteiger partial charge in [0.1, 0.15) is 6.61 Å². The van der Waals surface area contributed by atoms with Gasteiger partial charge in [0.2, 0.25) is 0 Å². The Morgan fingerprint density at radius 2 is 1.02 bits per heavy atom. The molecule has 0 saturated carbocycles. The lowest BCUT2D eigenvalue weighted by Crippen LogP contribution is -2.29. The summed E-state index contributed by atoms with van der Waals surface area (Å²) in [6.07, 6.45) is 41.4. The molecule has 0 aliphatic heterocycles. The van der Waals surface area contributed by atoms with Crippen LogP contribution in [-0.2, 0) is 32.7 Å². The summed E-state index contributed by atoms with van der Waals surface area (Å²) in [7, 11) is -4.38. The maximum absolute atomic E-state index is 12.5. The number of carbonyl (C=O) groups is 2. The summed E-state index contributed by atoms with van der Waals surface area (Å²) in [5, 5.41) is 0. The van der Waals surface area contributed by atoms with E-state index in [9.17, 15) is 19.0 Å². The number of rotatable bonds is 37. The lowest BCUT2D eigenvalue weighted by Gasteiger charge is -2.19. The van der Waals surface area contributed by atoms with E-state index in [1.54, 1.807) is 0 Å². The fourth-order valence-corrected chi connectivity index (χ4v) is 5.93. The number of unbranched alkanes of at least 4 members (excludes halogenated alkanes) is 16. The molecule has 0 fully saturated rings. The van der Waals surface area contributed by atoms with Crippen molar-refractivity contribution in [3.05, 3.63) is 48.6 Å². The lowest BCUT2D eigenvalue weighted by atomic mass is 10.1. The molecule has 0 aromatic heterocycles. The monoisotopic (exact) mass is 740 g/mol. The highest BCUT2D eigenvalue weighted by Crippen LogP contribution is 2.43. The molecule has 10 heteroatoms. The third-order valence-corrected chi connectivity index (χ3v) is 9.17. The number of carbonyl (C=O) groups excluding carboxylic acids is 2. The second-order valence-corrected chi connectivity index (χ2v) is 14.6. The first-order valence-electron chi connectivity index (χ1n) is 20.1. The van der Waals surface area contributed by atoms with E-state index < -0.39 is 32.5 Å². The number of hydrogen-bond acceptors (Lipinski definition) is 8. The number of allylic oxidation sites excluding steroid dienone is 8. The number of phosphoric ester groups is 1. The summed E-state index contributed by atoms with van der Waals surface area (Å²) in [4.78, 5) is 34.7. The van der Waals surface area contributed by atoms with Gasteiger partial charge in [0.15, 0.2) is 6.10 Å². The largest absolute Gasteiger partial charge is 0.472 e. The molecule has 0 bridgehead atoms. The van der Waals surface area contributed by atoms with Gasteiger partial charge in [-0.25, -0.2) is 4.57 Å². The van der Waals surface area contributed by atoms with Crippen LogP contribution >= 0.6 is 7.82 Å². The Bertz CT molecular complexity index is 981. The molecule has 0 aromatic rings. The zero-order valence-electron chi connectivity index (χ0n) is 32.3. The Hall–Kier alpha value is -2.03. The van der Waals surface area contributed by atoms with Crippen LogP contribution in [0.15, 0.2) is 48.6 Å². The third-order valence-electron chi connectivity index (χ3n) is 8.19. The topological polar surface area (TPSA) is 134 Å². The van der Waals surface area contributed by atoms with E-state index >= 15 is 0 Å². The van der Waals surface area contributed by atoms with Gasteiger partial charge < -0.3 is 20.1 Å². The predicted molar refractivity (Wildman–Crippen MR) is 210 cm³/mol. The fourth-order valence-electron chi connectivity index (χ4n) is 5.16. The van der Waals surface area contributed by atoms with E-state index in [-0.39, 0.29) is 32.6 Å². The molecular formula is C41H74NO8P. The van der Waals surface area contributed by atoms with Crippen LogP contribution in [0.3, 0.4) is 0 Å². The summed E-state index contributed by atoms with van der Waals surface area (Å²) in [5.41, 5.74) is 5.33. The van der Waals surface area contributed by atoms with Crippen LogP contribution in [0.2, 0.25) is 0 Å². The SMILES string of the molecule is CCCCC/C=C/C/C=C/C/C=C/CCCCC(=O)OC[C@H](COP(=O)(O)OCCN)OC(=O)CCCCCCC/C=C/CCCCCCCC. The van der Waals surface area contributed by atoms with Gasteiger partial charge in [-0.15, -0.1) is 0 Å². The van der Waals surface area contributed by atoms with Gasteiger partial charge in [-0.1, -0.05) is 127 Å². The molecule has 0 aliphatic carbocycles. The van der Waals surface area contributed by atoms with Crippen molar-refractivity contribution in [3.8, 4) is 0 Å². The highest BCUT2D eigenvalue weighted by Gasteiger charge is 2.25. The van der Waals surface area contributed by atoms with Crippen LogP contribution < -0.4 is 5.73 Å². The van der Waals surface area contributed by atoms with Crippen LogP contribution in [-0.4, -0.2) is 49.3 Å². The molecule has 0 spiro atoms. The second kappa shape index (κ2) is 37.7. The number of phosphoric acid groups is 1. The molecule has 1 unspecified atom stereocenters. The van der Waals surface area contributed by atoms with E-state index in [2.05, 4.69) is 62.5 Å². The first-order chi connectivity index (χ1) is 24.8. The minimum Gasteiger partial charge on any atom is -0.462 e. The Morgan fingerprint density at radius 1 is 0.588 bits per heavy atom. The van der Waals surface area contributed by atoms with E-state index in [0.717, 1.165) is 64.2 Å². The Labute approximate surface area is 311 Å². The van der Waals surface area contributed by atoms with E-state index in [0.29, 0.717) is 12.8 Å². The van der Waals surface area contributed by atoms with Crippen molar-refractivity contribution < 1.29 is 37.6 Å². The second-order valence-electron chi connectivity index (χ2n) is 13.1. The average molecular weight is 740 g/mol. The molecule has 9 nitrogen and oxygen atoms in total. The van der Waals surface area contributed by atoms with Crippen LogP contribution in [0.1, 0.15) is 168 Å². The zero-order valence-corrected chi connectivity index (χ0v) is 33.2. The molecule has 296 valence electrons. The zero-order chi connectivity index (χ0) is 37.5. The van der Waals surface area contributed by atoms with Crippen molar-refractivity contribution in [2.24, 2.45) is 5.73 Å². The summed E-state index contributed by atoms with van der Waals surface area (Å²) in [6, 6.07) is 0. The third kappa shape index (κ3) is 37.5. The quantitative estimate of drug-likeness (QED) is 0.0276. The van der Waals surface area contributed by atoms with Gasteiger partial charge in [-0.2, -0.15) is 0 Å². The summed E-state index contributed by atoms with van der Waals surface area (Å²) in [5.74, 6) is -0.886. The molecule has 0 aliphatic rings. The molecule has 0 aromatic carbocycles. The highest BCUT2D eigenvalue weighted by molar-refractivity contribution is 7.47. The standard InChI is InChI=1S/C41H74NO8P/c1-3-5-7-9-11-13-15-17-19-21-23-25-27-29-31-33-40(43)47-37-39(38-49-51(45,46)48-36-35-42)50-41(44)34-32-30-28-26-24-22-20-18-16-14-12-10-8-6-4-2/h11,13,17-20,23,25,39H,3-10,12,14-16,21-22,24,26-38,42H2,1-2H3,(H,45,46)/b13-11+,19-17+,20-18+,25-23+/t39-/m1/s1. The number of nitrogens with two attached hydrogens (primary N) is 1. The highest BCUT2D eigenvalue weighted by atomic mass is 31.2. The van der Waals surface area contributed by atoms with Crippen molar-refractivity contribution in [1.82, 2.24) is 0 Å². The van der Waals surface area contributed by atoms with Crippen molar-refractivity contribution in [3.63, 3.8) is 0 Å². The minimum atomic E-state index is -4.38. The molecule has 3 N–H and O–H groups in total. The van der Waals surface area contributed by atoms with Gasteiger partial charge in [0.05, 0.1) is 13.2 Å². The first-order valence-corrected chi connectivity index (χ1v) is 21.6. The smallest absolute Gasteiger partial charge is 0.462 e. The van der Waals surface area contributed by atoms with Gasteiger partial charge in [0.25, 0.3) is 0 Å². The Kier molecular flexibility index (Phi) is 36.2. The van der Waals surface area contributed by atoms with Crippen molar-refractivity contribution in [1.29, 1.82) is 0 Å². The van der Waals surface area contributed by atoms with E-state index in [1.807, 2.05) is 0 Å². The molecule has 51 heavy (non-hydrogen) atoms. The normalized spacial score (nSPS) is 13.9. The summed E-state index contributed by atoms with van der Waals surface area (Å²) >= 11 is 0.